The summed E-state index contributed by atoms with van der Waals surface area (Å²) in [7, 11) is 0. The van der Waals surface area contributed by atoms with E-state index in [1.165, 1.54) is 0 Å². The maximum atomic E-state index is 12.1. The predicted octanol–water partition coefficient (Wildman–Crippen LogP) is 0.849. The van der Waals surface area contributed by atoms with E-state index in [0.717, 1.165) is 12.8 Å². The fourth-order valence-electron chi connectivity index (χ4n) is 1.84. The molecular weight excluding hydrogens is 232 g/mol. The maximum Gasteiger partial charge on any atom is 0.255 e. The lowest BCUT2D eigenvalue weighted by atomic mass is 10.1. The number of hydrogen-bond acceptors (Lipinski definition) is 4. The van der Waals surface area contributed by atoms with Crippen molar-refractivity contribution in [3.8, 4) is 0 Å². The summed E-state index contributed by atoms with van der Waals surface area (Å²) in [5, 5.41) is 12.0. The molecule has 2 heterocycles. The highest BCUT2D eigenvalue weighted by Gasteiger charge is 2.16. The van der Waals surface area contributed by atoms with Gasteiger partial charge in [0.05, 0.1) is 18.2 Å². The number of carbonyl (C=O) groups is 1. The second-order valence-corrected chi connectivity index (χ2v) is 4.10. The van der Waals surface area contributed by atoms with E-state index in [1.54, 1.807) is 18.6 Å². The fourth-order valence-corrected chi connectivity index (χ4v) is 1.84. The van der Waals surface area contributed by atoms with Gasteiger partial charge >= 0.3 is 0 Å². The van der Waals surface area contributed by atoms with E-state index in [1.807, 2.05) is 6.92 Å². The molecule has 3 N–H and O–H groups in total. The Labute approximate surface area is 104 Å². The van der Waals surface area contributed by atoms with Gasteiger partial charge in [-0.15, -0.1) is 0 Å². The molecule has 0 spiro atoms. The molecule has 0 radical (unpaired) electrons. The molecule has 0 aromatic carbocycles. The van der Waals surface area contributed by atoms with Crippen LogP contribution in [0.2, 0.25) is 0 Å². The van der Waals surface area contributed by atoms with Gasteiger partial charge in [-0.3, -0.25) is 9.78 Å². The first-order chi connectivity index (χ1) is 8.76. The molecule has 2 rings (SSSR count). The number of carbonyl (C=O) groups excluding carboxylic acids is 1. The molecule has 6 heteroatoms. The lowest BCUT2D eigenvalue weighted by Gasteiger charge is -2.14. The van der Waals surface area contributed by atoms with Crippen molar-refractivity contribution in [2.24, 2.45) is 0 Å². The molecule has 1 atom stereocenters. The molecule has 18 heavy (non-hydrogen) atoms. The number of nitrogens with one attached hydrogen (secondary N) is 2. The third-order valence-corrected chi connectivity index (χ3v) is 2.74. The lowest BCUT2D eigenvalue weighted by molar-refractivity contribution is 0.0914. The van der Waals surface area contributed by atoms with Gasteiger partial charge in [0.1, 0.15) is 5.52 Å². The number of amides is 1. The smallest absolute Gasteiger partial charge is 0.255 e. The molecule has 0 unspecified atom stereocenters. The summed E-state index contributed by atoms with van der Waals surface area (Å²) < 4.78 is 0. The zero-order chi connectivity index (χ0) is 13.0. The monoisotopic (exact) mass is 248 g/mol. The minimum absolute atomic E-state index is 0.0619. The van der Waals surface area contributed by atoms with E-state index < -0.39 is 0 Å². The molecule has 0 aliphatic heterocycles. The molecule has 1 amide bonds. The van der Waals surface area contributed by atoms with Gasteiger partial charge in [0.2, 0.25) is 0 Å². The number of aromatic amines is 1. The van der Waals surface area contributed by atoms with Crippen LogP contribution < -0.4 is 5.32 Å². The number of aliphatic hydroxyl groups excluding tert-OH is 1. The summed E-state index contributed by atoms with van der Waals surface area (Å²) in [4.78, 5) is 23.1. The molecule has 0 aliphatic carbocycles. The zero-order valence-corrected chi connectivity index (χ0v) is 10.2. The van der Waals surface area contributed by atoms with Crippen LogP contribution in [0.15, 0.2) is 18.6 Å². The Bertz CT molecular complexity index is 538. The van der Waals surface area contributed by atoms with Crippen molar-refractivity contribution in [1.82, 2.24) is 20.3 Å². The molecule has 0 bridgehead atoms. The van der Waals surface area contributed by atoms with Crippen molar-refractivity contribution in [3.05, 3.63) is 24.2 Å². The third-order valence-electron chi connectivity index (χ3n) is 2.74. The second kappa shape index (κ2) is 5.59. The van der Waals surface area contributed by atoms with Crippen LogP contribution in [0, 0.1) is 0 Å². The van der Waals surface area contributed by atoms with Crippen LogP contribution in [-0.2, 0) is 0 Å². The van der Waals surface area contributed by atoms with Gasteiger partial charge < -0.3 is 15.4 Å². The number of fused-ring (bicyclic) bond motifs is 1. The molecule has 0 aliphatic rings. The Morgan fingerprint density at radius 1 is 1.50 bits per heavy atom. The number of aliphatic hydroxyl groups is 1. The highest BCUT2D eigenvalue weighted by atomic mass is 16.3. The summed E-state index contributed by atoms with van der Waals surface area (Å²) in [6.07, 6.45) is 6.34. The molecule has 0 saturated carbocycles. The van der Waals surface area contributed by atoms with Gasteiger partial charge in [0.15, 0.2) is 5.65 Å². The Balaban J connectivity index is 2.18. The highest BCUT2D eigenvalue weighted by molar-refractivity contribution is 6.04. The maximum absolute atomic E-state index is 12.1. The van der Waals surface area contributed by atoms with E-state index in [2.05, 4.69) is 20.3 Å². The first-order valence-corrected chi connectivity index (χ1v) is 5.96. The SMILES string of the molecule is CCC[C@@H](CO)NC(=O)c1c[nH]c2nccnc12. The van der Waals surface area contributed by atoms with Crippen LogP contribution in [0.4, 0.5) is 0 Å². The van der Waals surface area contributed by atoms with E-state index in [-0.39, 0.29) is 18.6 Å². The topological polar surface area (TPSA) is 90.9 Å². The standard InChI is InChI=1S/C12H16N4O2/c1-2-3-8(7-17)16-12(18)9-6-15-11-10(9)13-4-5-14-11/h4-6,8,17H,2-3,7H2,1H3,(H,14,15)(H,16,18)/t8-/m0/s1. The molecule has 0 fully saturated rings. The van der Waals surface area contributed by atoms with Crippen LogP contribution in [0.25, 0.3) is 11.2 Å². The largest absolute Gasteiger partial charge is 0.394 e. The molecule has 2 aromatic heterocycles. The van der Waals surface area contributed by atoms with Crippen molar-refractivity contribution >= 4 is 17.1 Å². The van der Waals surface area contributed by atoms with Gasteiger partial charge in [0.25, 0.3) is 5.91 Å². The summed E-state index contributed by atoms with van der Waals surface area (Å²) in [5.41, 5.74) is 1.58. The van der Waals surface area contributed by atoms with Gasteiger partial charge in [-0.1, -0.05) is 13.3 Å². The Hall–Kier alpha value is -1.95. The van der Waals surface area contributed by atoms with Crippen LogP contribution in [0.1, 0.15) is 30.1 Å². The summed E-state index contributed by atoms with van der Waals surface area (Å²) in [6.45, 7) is 1.94. The molecule has 6 nitrogen and oxygen atoms in total. The number of hydrogen-bond donors (Lipinski definition) is 3. The average Bonchev–Trinajstić information content (AvgIpc) is 2.82. The number of aromatic nitrogens is 3. The lowest BCUT2D eigenvalue weighted by Crippen LogP contribution is -2.37. The average molecular weight is 248 g/mol. The van der Waals surface area contributed by atoms with Crippen LogP contribution in [0.3, 0.4) is 0 Å². The fraction of sp³-hybridized carbons (Fsp3) is 0.417. The number of H-pyrrole nitrogens is 1. The second-order valence-electron chi connectivity index (χ2n) is 4.10. The van der Waals surface area contributed by atoms with Crippen molar-refractivity contribution in [3.63, 3.8) is 0 Å². The predicted molar refractivity (Wildman–Crippen MR) is 67.1 cm³/mol. The van der Waals surface area contributed by atoms with E-state index >= 15 is 0 Å². The highest BCUT2D eigenvalue weighted by Crippen LogP contribution is 2.13. The molecule has 96 valence electrons. The summed E-state index contributed by atoms with van der Waals surface area (Å²) in [5.74, 6) is -0.241. The van der Waals surface area contributed by atoms with Crippen molar-refractivity contribution < 1.29 is 9.90 Å². The van der Waals surface area contributed by atoms with Crippen molar-refractivity contribution in [2.45, 2.75) is 25.8 Å². The Kier molecular flexibility index (Phi) is 3.88. The Morgan fingerprint density at radius 2 is 2.28 bits per heavy atom. The normalized spacial score (nSPS) is 12.6. The van der Waals surface area contributed by atoms with Gasteiger partial charge in [0, 0.05) is 18.6 Å². The first kappa shape index (κ1) is 12.5. The third kappa shape index (κ3) is 2.48. The first-order valence-electron chi connectivity index (χ1n) is 5.96. The van der Waals surface area contributed by atoms with Crippen molar-refractivity contribution in [2.75, 3.05) is 6.61 Å². The number of nitrogens with zero attached hydrogens (tertiary/aromatic N) is 2. The van der Waals surface area contributed by atoms with Crippen LogP contribution >= 0.6 is 0 Å². The van der Waals surface area contributed by atoms with Gasteiger partial charge in [-0.25, -0.2) is 4.98 Å². The van der Waals surface area contributed by atoms with Gasteiger partial charge in [-0.2, -0.15) is 0 Å². The van der Waals surface area contributed by atoms with E-state index in [0.29, 0.717) is 16.7 Å². The van der Waals surface area contributed by atoms with Crippen molar-refractivity contribution in [1.29, 1.82) is 0 Å². The molecule has 0 saturated heterocycles. The summed E-state index contributed by atoms with van der Waals surface area (Å²) >= 11 is 0. The molecular formula is C12H16N4O2. The minimum Gasteiger partial charge on any atom is -0.394 e. The van der Waals surface area contributed by atoms with E-state index in [4.69, 9.17) is 5.11 Å². The van der Waals surface area contributed by atoms with Crippen LogP contribution in [-0.4, -0.2) is 38.6 Å². The van der Waals surface area contributed by atoms with E-state index in [9.17, 15) is 4.79 Å². The van der Waals surface area contributed by atoms with Crippen LogP contribution in [0.5, 0.6) is 0 Å². The number of rotatable bonds is 5. The quantitative estimate of drug-likeness (QED) is 0.731. The summed E-state index contributed by atoms with van der Waals surface area (Å²) in [6, 6.07) is -0.218. The minimum atomic E-state index is -0.241. The Morgan fingerprint density at radius 3 is 3.00 bits per heavy atom. The molecule has 2 aromatic rings. The van der Waals surface area contributed by atoms with Gasteiger partial charge in [-0.05, 0) is 6.42 Å². The zero-order valence-electron chi connectivity index (χ0n) is 10.2.